The van der Waals surface area contributed by atoms with Gasteiger partial charge in [-0.15, -0.1) is 0 Å². The van der Waals surface area contributed by atoms with E-state index in [1.165, 1.54) is 6.07 Å². The number of halogens is 1. The SMILES string of the molecule is CCN(C(=O)C1CCN(c2ccccc2F)CC1)c1ccccc1C. The van der Waals surface area contributed by atoms with E-state index >= 15 is 0 Å². The van der Waals surface area contributed by atoms with E-state index in [4.69, 9.17) is 0 Å². The molecule has 0 saturated carbocycles. The molecule has 1 amide bonds. The third kappa shape index (κ3) is 3.68. The van der Waals surface area contributed by atoms with Gasteiger partial charge in [-0.25, -0.2) is 4.39 Å². The molecule has 3 nitrogen and oxygen atoms in total. The monoisotopic (exact) mass is 340 g/mol. The lowest BCUT2D eigenvalue weighted by molar-refractivity contribution is -0.122. The number of rotatable bonds is 4. The highest BCUT2D eigenvalue weighted by Crippen LogP contribution is 2.28. The third-order valence-corrected chi connectivity index (χ3v) is 5.03. The van der Waals surface area contributed by atoms with Crippen molar-refractivity contribution < 1.29 is 9.18 Å². The van der Waals surface area contributed by atoms with Gasteiger partial charge in [0.15, 0.2) is 0 Å². The van der Waals surface area contributed by atoms with Crippen molar-refractivity contribution in [1.82, 2.24) is 0 Å². The molecule has 132 valence electrons. The zero-order valence-corrected chi connectivity index (χ0v) is 14.9. The largest absolute Gasteiger partial charge is 0.369 e. The molecule has 1 aliphatic rings. The molecule has 2 aromatic carbocycles. The highest BCUT2D eigenvalue weighted by atomic mass is 19.1. The molecular weight excluding hydrogens is 315 g/mol. The van der Waals surface area contributed by atoms with Gasteiger partial charge >= 0.3 is 0 Å². The van der Waals surface area contributed by atoms with E-state index in [1.807, 2.05) is 60.0 Å². The summed E-state index contributed by atoms with van der Waals surface area (Å²) in [5.74, 6) is -0.00469. The van der Waals surface area contributed by atoms with Crippen LogP contribution in [0.1, 0.15) is 25.3 Å². The van der Waals surface area contributed by atoms with Gasteiger partial charge in [-0.1, -0.05) is 30.3 Å². The molecule has 0 atom stereocenters. The van der Waals surface area contributed by atoms with Crippen molar-refractivity contribution in [1.29, 1.82) is 0 Å². The summed E-state index contributed by atoms with van der Waals surface area (Å²) >= 11 is 0. The maximum atomic E-state index is 14.0. The van der Waals surface area contributed by atoms with Gasteiger partial charge in [0, 0.05) is 31.2 Å². The van der Waals surface area contributed by atoms with Crippen LogP contribution >= 0.6 is 0 Å². The zero-order chi connectivity index (χ0) is 17.8. The molecule has 0 unspecified atom stereocenters. The molecule has 4 heteroatoms. The van der Waals surface area contributed by atoms with Gasteiger partial charge in [-0.2, -0.15) is 0 Å². The molecule has 0 spiro atoms. The average molecular weight is 340 g/mol. The fourth-order valence-corrected chi connectivity index (χ4v) is 3.61. The molecule has 3 rings (SSSR count). The Morgan fingerprint density at radius 1 is 1.12 bits per heavy atom. The number of piperidine rings is 1. The van der Waals surface area contributed by atoms with Crippen molar-refractivity contribution in [2.24, 2.45) is 5.92 Å². The van der Waals surface area contributed by atoms with Crippen LogP contribution in [0, 0.1) is 18.7 Å². The minimum atomic E-state index is -0.192. The van der Waals surface area contributed by atoms with Gasteiger partial charge in [0.05, 0.1) is 5.69 Å². The van der Waals surface area contributed by atoms with Crippen LogP contribution in [-0.2, 0) is 4.79 Å². The van der Waals surface area contributed by atoms with Gasteiger partial charge < -0.3 is 9.80 Å². The van der Waals surface area contributed by atoms with Crippen LogP contribution in [0.3, 0.4) is 0 Å². The normalized spacial score (nSPS) is 15.2. The molecule has 1 saturated heterocycles. The Bertz CT molecular complexity index is 738. The van der Waals surface area contributed by atoms with E-state index in [0.717, 1.165) is 24.1 Å². The maximum Gasteiger partial charge on any atom is 0.230 e. The minimum absolute atomic E-state index is 0.00239. The van der Waals surface area contributed by atoms with Gasteiger partial charge in [0.2, 0.25) is 5.91 Å². The summed E-state index contributed by atoms with van der Waals surface area (Å²) in [5.41, 5.74) is 2.74. The topological polar surface area (TPSA) is 23.6 Å². The molecular formula is C21H25FN2O. The first-order valence-electron chi connectivity index (χ1n) is 8.98. The molecule has 1 aliphatic heterocycles. The van der Waals surface area contributed by atoms with Crippen LogP contribution in [-0.4, -0.2) is 25.5 Å². The maximum absolute atomic E-state index is 14.0. The second-order valence-corrected chi connectivity index (χ2v) is 6.58. The van der Waals surface area contributed by atoms with Crippen molar-refractivity contribution in [2.75, 3.05) is 29.4 Å². The number of nitrogens with zero attached hydrogens (tertiary/aromatic N) is 2. The first-order valence-corrected chi connectivity index (χ1v) is 8.98. The molecule has 2 aromatic rings. The number of para-hydroxylation sites is 2. The molecule has 25 heavy (non-hydrogen) atoms. The predicted molar refractivity (Wildman–Crippen MR) is 101 cm³/mol. The second kappa shape index (κ2) is 7.68. The zero-order valence-electron chi connectivity index (χ0n) is 14.9. The van der Waals surface area contributed by atoms with Crippen LogP contribution in [0.25, 0.3) is 0 Å². The number of amides is 1. The molecule has 0 aromatic heterocycles. The molecule has 0 bridgehead atoms. The second-order valence-electron chi connectivity index (χ2n) is 6.58. The van der Waals surface area contributed by atoms with Crippen molar-refractivity contribution in [3.05, 3.63) is 59.9 Å². The molecule has 1 heterocycles. The Balaban J connectivity index is 1.69. The van der Waals surface area contributed by atoms with Crippen LogP contribution in [0.5, 0.6) is 0 Å². The van der Waals surface area contributed by atoms with E-state index in [-0.39, 0.29) is 17.6 Å². The van der Waals surface area contributed by atoms with E-state index in [9.17, 15) is 9.18 Å². The Hall–Kier alpha value is -2.36. The third-order valence-electron chi connectivity index (χ3n) is 5.03. The van der Waals surface area contributed by atoms with E-state index < -0.39 is 0 Å². The number of carbonyl (C=O) groups excluding carboxylic acids is 1. The number of anilines is 2. The molecule has 0 radical (unpaired) electrons. The van der Waals surface area contributed by atoms with Gasteiger partial charge in [-0.05, 0) is 50.5 Å². The highest BCUT2D eigenvalue weighted by Gasteiger charge is 2.29. The Morgan fingerprint density at radius 3 is 2.40 bits per heavy atom. The van der Waals surface area contributed by atoms with Crippen LogP contribution in [0.2, 0.25) is 0 Å². The fourth-order valence-electron chi connectivity index (χ4n) is 3.61. The van der Waals surface area contributed by atoms with Crippen molar-refractivity contribution in [3.63, 3.8) is 0 Å². The number of carbonyl (C=O) groups is 1. The molecule has 0 aliphatic carbocycles. The van der Waals surface area contributed by atoms with Gasteiger partial charge in [0.25, 0.3) is 0 Å². The standard InChI is InChI=1S/C21H25FN2O/c1-3-24(19-10-6-4-8-16(19)2)21(25)17-12-14-23(15-13-17)20-11-7-5-9-18(20)22/h4-11,17H,3,12-15H2,1-2H3. The van der Waals surface area contributed by atoms with Gasteiger partial charge in [-0.3, -0.25) is 4.79 Å². The number of hydrogen-bond donors (Lipinski definition) is 0. The summed E-state index contributed by atoms with van der Waals surface area (Å²) in [6.45, 7) is 6.13. The first kappa shape index (κ1) is 17.5. The summed E-state index contributed by atoms with van der Waals surface area (Å²) < 4.78 is 14.0. The number of aryl methyl sites for hydroxylation is 1. The number of hydrogen-bond acceptors (Lipinski definition) is 2. The highest BCUT2D eigenvalue weighted by molar-refractivity contribution is 5.95. The summed E-state index contributed by atoms with van der Waals surface area (Å²) in [5, 5.41) is 0. The van der Waals surface area contributed by atoms with E-state index in [2.05, 4.69) is 0 Å². The van der Waals surface area contributed by atoms with Crippen molar-refractivity contribution in [3.8, 4) is 0 Å². The van der Waals surface area contributed by atoms with E-state index in [1.54, 1.807) is 6.07 Å². The first-order chi connectivity index (χ1) is 12.1. The lowest BCUT2D eigenvalue weighted by Crippen LogP contribution is -2.43. The summed E-state index contributed by atoms with van der Waals surface area (Å²) in [6.07, 6.45) is 1.52. The van der Waals surface area contributed by atoms with Gasteiger partial charge in [0.1, 0.15) is 5.82 Å². The molecule has 0 N–H and O–H groups in total. The van der Waals surface area contributed by atoms with Crippen LogP contribution in [0.4, 0.5) is 15.8 Å². The average Bonchev–Trinajstić information content (AvgIpc) is 2.64. The lowest BCUT2D eigenvalue weighted by Gasteiger charge is -2.35. The smallest absolute Gasteiger partial charge is 0.230 e. The molecule has 1 fully saturated rings. The quantitative estimate of drug-likeness (QED) is 0.823. The minimum Gasteiger partial charge on any atom is -0.369 e. The van der Waals surface area contributed by atoms with Crippen LogP contribution < -0.4 is 9.80 Å². The fraction of sp³-hybridized carbons (Fsp3) is 0.381. The van der Waals surface area contributed by atoms with E-state index in [0.29, 0.717) is 25.3 Å². The van der Waals surface area contributed by atoms with Crippen LogP contribution in [0.15, 0.2) is 48.5 Å². The summed E-state index contributed by atoms with van der Waals surface area (Å²) in [7, 11) is 0. The summed E-state index contributed by atoms with van der Waals surface area (Å²) in [4.78, 5) is 17.0. The van der Waals surface area contributed by atoms with Crippen molar-refractivity contribution in [2.45, 2.75) is 26.7 Å². The predicted octanol–water partition coefficient (Wildman–Crippen LogP) is 4.40. The Kier molecular flexibility index (Phi) is 5.37. The number of benzene rings is 2. The van der Waals surface area contributed by atoms with Crippen molar-refractivity contribution >= 4 is 17.3 Å². The summed E-state index contributed by atoms with van der Waals surface area (Å²) in [6, 6.07) is 14.9. The lowest BCUT2D eigenvalue weighted by atomic mass is 9.94. The Labute approximate surface area is 149 Å². The Morgan fingerprint density at radius 2 is 1.76 bits per heavy atom.